The molecule has 2 nitrogen and oxygen atoms in total. The molecule has 0 aromatic rings. The van der Waals surface area contributed by atoms with Gasteiger partial charge in [-0.25, -0.2) is 0 Å². The van der Waals surface area contributed by atoms with Crippen LogP contribution in [0.15, 0.2) is 22.0 Å². The van der Waals surface area contributed by atoms with Gasteiger partial charge in [-0.1, -0.05) is 0 Å². The molecule has 0 bridgehead atoms. The Morgan fingerprint density at radius 3 is 1.27 bits per heavy atom. The molecule has 2 rings (SSSR count). The fourth-order valence-corrected chi connectivity index (χ4v) is 22.7. The van der Waals surface area contributed by atoms with E-state index in [0.717, 1.165) is 38.0 Å². The van der Waals surface area contributed by atoms with Crippen molar-refractivity contribution in [1.29, 1.82) is 0 Å². The van der Waals surface area contributed by atoms with Crippen molar-refractivity contribution < 1.29 is 0 Å². The van der Waals surface area contributed by atoms with Gasteiger partial charge in [-0.2, -0.15) is 0 Å². The zero-order chi connectivity index (χ0) is 27.8. The second-order valence-corrected chi connectivity index (χ2v) is 36.0. The van der Waals surface area contributed by atoms with Crippen LogP contribution in [0.3, 0.4) is 0 Å². The van der Waals surface area contributed by atoms with E-state index in [1.54, 1.807) is 0 Å². The van der Waals surface area contributed by atoms with E-state index in [0.29, 0.717) is 15.4 Å². The molecular formula is C32H66Ge3N2-2. The van der Waals surface area contributed by atoms with Crippen LogP contribution in [0, 0.1) is 11.8 Å². The second-order valence-electron chi connectivity index (χ2n) is 11.5. The van der Waals surface area contributed by atoms with Gasteiger partial charge in [0.05, 0.1) is 0 Å². The molecule has 2 unspecified atom stereocenters. The first-order valence-corrected chi connectivity index (χ1v) is 30.6. The number of unbranched alkanes of at least 4 members (excludes halogenated alkanes) is 2. The molecule has 0 saturated carbocycles. The molecule has 2 aliphatic heterocycles. The van der Waals surface area contributed by atoms with E-state index in [1.165, 1.54) is 80.6 Å². The molecule has 0 aromatic carbocycles. The van der Waals surface area contributed by atoms with Gasteiger partial charge in [0, 0.05) is 0 Å². The van der Waals surface area contributed by atoms with Gasteiger partial charge in [0.25, 0.3) is 0 Å². The van der Waals surface area contributed by atoms with E-state index in [9.17, 15) is 0 Å². The summed E-state index contributed by atoms with van der Waals surface area (Å²) in [5, 5.41) is 21.2. The van der Waals surface area contributed by atoms with E-state index in [-0.39, 0.29) is 0 Å². The second kappa shape index (κ2) is 24.8. The molecule has 2 aliphatic rings. The Morgan fingerprint density at radius 2 is 1.00 bits per heavy atom. The van der Waals surface area contributed by atoms with Crippen molar-refractivity contribution in [3.05, 3.63) is 32.6 Å². The van der Waals surface area contributed by atoms with Crippen LogP contribution in [0.5, 0.6) is 0 Å². The summed E-state index contributed by atoms with van der Waals surface area (Å²) in [5.41, 5.74) is 0. The fraction of sp³-hybridized carbons (Fsp3) is 0.875. The van der Waals surface area contributed by atoms with Crippen LogP contribution < -0.4 is 0 Å². The van der Waals surface area contributed by atoms with Crippen LogP contribution in [-0.4, -0.2) is 68.1 Å². The monoisotopic (exact) mass is 700 g/mol. The Balaban J connectivity index is 0.000000594. The summed E-state index contributed by atoms with van der Waals surface area (Å²) < 4.78 is 0. The van der Waals surface area contributed by atoms with Crippen molar-refractivity contribution in [3.8, 4) is 0 Å². The van der Waals surface area contributed by atoms with Crippen molar-refractivity contribution in [2.24, 2.45) is 11.8 Å². The molecule has 2 heterocycles. The Labute approximate surface area is 247 Å². The first kappa shape index (κ1) is 38.0. The maximum absolute atomic E-state index is 4.64. The van der Waals surface area contributed by atoms with E-state index >= 15 is 0 Å². The van der Waals surface area contributed by atoms with Crippen molar-refractivity contribution in [2.45, 2.75) is 136 Å². The molecule has 0 N–H and O–H groups in total. The number of rotatable bonds is 12. The third kappa shape index (κ3) is 17.4. The van der Waals surface area contributed by atoms with Gasteiger partial charge < -0.3 is 0 Å². The normalized spacial score (nSPS) is 24.5. The summed E-state index contributed by atoms with van der Waals surface area (Å²) in [4.78, 5) is 5.28. The third-order valence-corrected chi connectivity index (χ3v) is 32.5. The standard InChI is InChI=1S/2C14H28GeN.C4H10Ge/c2*1-4-7-9-14-12-15(5-2,6-3)10-8-11-16-13-14;1-3-5-4-2/h2*8,10,14H,4-7,9,11-13H2,1-3H3;3-4H2,1-2H3/q2*-1;/b2*10-8-;. The molecule has 0 saturated heterocycles. The van der Waals surface area contributed by atoms with Crippen LogP contribution in [-0.2, 0) is 0 Å². The molecule has 0 aliphatic carbocycles. The summed E-state index contributed by atoms with van der Waals surface area (Å²) in [6.07, 6.45) is 13.0. The van der Waals surface area contributed by atoms with Gasteiger partial charge in [-0.3, -0.25) is 0 Å². The van der Waals surface area contributed by atoms with Gasteiger partial charge in [-0.15, -0.1) is 0 Å². The quantitative estimate of drug-likeness (QED) is 0.182. The minimum atomic E-state index is -1.60. The minimum absolute atomic E-state index is 0.528. The average molecular weight is 697 g/mol. The molecule has 2 radical (unpaired) electrons. The van der Waals surface area contributed by atoms with E-state index < -0.39 is 26.5 Å². The Morgan fingerprint density at radius 1 is 0.622 bits per heavy atom. The van der Waals surface area contributed by atoms with Crippen molar-refractivity contribution in [1.82, 2.24) is 0 Å². The summed E-state index contributed by atoms with van der Waals surface area (Å²) in [7, 11) is 0. The average Bonchev–Trinajstić information content (AvgIpc) is 2.90. The number of hydrogen-bond donors (Lipinski definition) is 0. The Kier molecular flexibility index (Phi) is 25.5. The van der Waals surface area contributed by atoms with Gasteiger partial charge >= 0.3 is 249 Å². The third-order valence-electron chi connectivity index (χ3n) is 8.83. The topological polar surface area (TPSA) is 28.2 Å². The molecular weight excluding hydrogens is 630 g/mol. The van der Waals surface area contributed by atoms with E-state index in [1.807, 2.05) is 0 Å². The summed E-state index contributed by atoms with van der Waals surface area (Å²) in [6, 6.07) is 0. The summed E-state index contributed by atoms with van der Waals surface area (Å²) >= 11 is -2.68. The van der Waals surface area contributed by atoms with Crippen molar-refractivity contribution in [2.75, 3.05) is 26.2 Å². The van der Waals surface area contributed by atoms with Gasteiger partial charge in [0.2, 0.25) is 0 Å². The molecule has 37 heavy (non-hydrogen) atoms. The molecule has 0 fully saturated rings. The SMILES string of the molecule is CCCCC1C[N-]C/C=[CH]\[Ge]([CH2]C)([CH2]C)[CH2]1.CCCCC1C[N-]C/C=[CH]\[Ge]([CH2]C)([CH2]C)[CH2]1.C[CH2][Ge][CH2]C. The Hall–Kier alpha value is 1.03. The number of hydrogen-bond acceptors (Lipinski definition) is 0. The van der Waals surface area contributed by atoms with Gasteiger partial charge in [-0.05, 0) is 0 Å². The molecule has 2 atom stereocenters. The first-order chi connectivity index (χ1) is 17.9. The van der Waals surface area contributed by atoms with Crippen molar-refractivity contribution >= 4 is 42.0 Å². The molecule has 218 valence electrons. The van der Waals surface area contributed by atoms with Crippen LogP contribution in [0.2, 0.25) is 42.0 Å². The van der Waals surface area contributed by atoms with Crippen LogP contribution in [0.4, 0.5) is 0 Å². The van der Waals surface area contributed by atoms with E-state index in [2.05, 4.69) is 88.0 Å². The molecule has 0 aromatic heterocycles. The zero-order valence-electron chi connectivity index (χ0n) is 26.6. The Bertz CT molecular complexity index is 508. The van der Waals surface area contributed by atoms with Crippen LogP contribution in [0.1, 0.15) is 93.9 Å². The van der Waals surface area contributed by atoms with Crippen LogP contribution >= 0.6 is 0 Å². The molecule has 5 heteroatoms. The molecule has 0 spiro atoms. The van der Waals surface area contributed by atoms with Gasteiger partial charge in [0.15, 0.2) is 0 Å². The van der Waals surface area contributed by atoms with Gasteiger partial charge in [0.1, 0.15) is 0 Å². The van der Waals surface area contributed by atoms with E-state index in [4.69, 9.17) is 0 Å². The summed E-state index contributed by atoms with van der Waals surface area (Å²) in [6.45, 7) is 23.1. The first-order valence-electron chi connectivity index (χ1n) is 16.3. The fourth-order valence-electron chi connectivity index (χ4n) is 5.85. The predicted octanol–water partition coefficient (Wildman–Crippen LogP) is 11.1. The maximum atomic E-state index is 4.64. The predicted molar refractivity (Wildman–Crippen MR) is 180 cm³/mol. The summed E-state index contributed by atoms with van der Waals surface area (Å²) in [5.74, 6) is 1.81. The number of nitrogens with zero attached hydrogens (tertiary/aromatic N) is 2. The molecule has 0 amide bonds. The van der Waals surface area contributed by atoms with Crippen molar-refractivity contribution in [3.63, 3.8) is 0 Å². The van der Waals surface area contributed by atoms with Crippen LogP contribution in [0.25, 0.3) is 10.6 Å². The zero-order valence-corrected chi connectivity index (χ0v) is 32.9.